The number of amides is 2. The molecule has 0 aromatic carbocycles. The second kappa shape index (κ2) is 6.51. The molecule has 1 fully saturated rings. The first-order valence-electron chi connectivity index (χ1n) is 6.38. The van der Waals surface area contributed by atoms with Gasteiger partial charge in [0.1, 0.15) is 6.04 Å². The molecule has 1 heterocycles. The Bertz CT molecular complexity index is 370. The van der Waals surface area contributed by atoms with Crippen molar-refractivity contribution in [3.05, 3.63) is 0 Å². The van der Waals surface area contributed by atoms with E-state index in [1.807, 2.05) is 13.8 Å². The molecule has 0 aromatic rings. The Balaban J connectivity index is 2.78. The van der Waals surface area contributed by atoms with Crippen LogP contribution in [0, 0.1) is 5.92 Å². The minimum absolute atomic E-state index is 0.260. The van der Waals surface area contributed by atoms with Crippen LogP contribution in [0.5, 0.6) is 0 Å². The van der Waals surface area contributed by atoms with Crippen LogP contribution in [0.25, 0.3) is 0 Å². The largest absolute Gasteiger partial charge is 0.481 e. The lowest BCUT2D eigenvalue weighted by Crippen LogP contribution is -2.60. The number of hydrogen-bond donors (Lipinski definition) is 3. The van der Waals surface area contributed by atoms with Gasteiger partial charge < -0.3 is 21.1 Å². The van der Waals surface area contributed by atoms with E-state index < -0.39 is 30.4 Å². The Morgan fingerprint density at radius 1 is 1.53 bits per heavy atom. The highest BCUT2D eigenvalue weighted by molar-refractivity contribution is 5.93. The molecule has 0 aromatic heterocycles. The average molecular weight is 271 g/mol. The summed E-state index contributed by atoms with van der Waals surface area (Å²) in [5, 5.41) is 11.4. The molecule has 2 atom stereocenters. The van der Waals surface area contributed by atoms with Gasteiger partial charge in [-0.1, -0.05) is 13.8 Å². The third kappa shape index (κ3) is 4.20. The average Bonchev–Trinajstić information content (AvgIpc) is 2.29. The van der Waals surface area contributed by atoms with Crippen LogP contribution in [0.15, 0.2) is 0 Å². The fraction of sp³-hybridized carbons (Fsp3) is 0.750. The van der Waals surface area contributed by atoms with Crippen molar-refractivity contribution in [3.63, 3.8) is 0 Å². The van der Waals surface area contributed by atoms with Crippen molar-refractivity contribution in [3.8, 4) is 0 Å². The van der Waals surface area contributed by atoms with Crippen molar-refractivity contribution in [2.75, 3.05) is 13.1 Å². The Morgan fingerprint density at radius 2 is 2.16 bits per heavy atom. The summed E-state index contributed by atoms with van der Waals surface area (Å²) >= 11 is 0. The lowest BCUT2D eigenvalue weighted by atomic mass is 10.0. The van der Waals surface area contributed by atoms with Gasteiger partial charge in [0.2, 0.25) is 11.8 Å². The number of aliphatic carboxylic acids is 1. The highest BCUT2D eigenvalue weighted by atomic mass is 16.4. The van der Waals surface area contributed by atoms with Crippen molar-refractivity contribution in [2.45, 2.75) is 38.8 Å². The molecule has 1 saturated heterocycles. The molecule has 1 aliphatic rings. The monoisotopic (exact) mass is 271 g/mol. The van der Waals surface area contributed by atoms with Crippen LogP contribution in [-0.4, -0.2) is 53.0 Å². The third-order valence-electron chi connectivity index (χ3n) is 3.02. The maximum Gasteiger partial charge on any atom is 0.305 e. The Labute approximate surface area is 112 Å². The van der Waals surface area contributed by atoms with Crippen molar-refractivity contribution < 1.29 is 19.5 Å². The van der Waals surface area contributed by atoms with Gasteiger partial charge in [-0.05, 0) is 12.3 Å². The van der Waals surface area contributed by atoms with Crippen molar-refractivity contribution in [1.29, 1.82) is 0 Å². The van der Waals surface area contributed by atoms with Gasteiger partial charge in [0.15, 0.2) is 0 Å². The highest BCUT2D eigenvalue weighted by Gasteiger charge is 2.36. The zero-order valence-corrected chi connectivity index (χ0v) is 11.3. The van der Waals surface area contributed by atoms with Gasteiger partial charge in [0, 0.05) is 13.1 Å². The topological polar surface area (TPSA) is 113 Å². The van der Waals surface area contributed by atoms with E-state index in [9.17, 15) is 14.4 Å². The van der Waals surface area contributed by atoms with Gasteiger partial charge in [0.05, 0.1) is 12.5 Å². The lowest BCUT2D eigenvalue weighted by molar-refractivity contribution is -0.149. The number of rotatable bonds is 5. The standard InChI is InChI=1S/C12H21N3O4/c1-7(2)5-8(13)12(19)15-4-3-14-11(18)9(15)6-10(16)17/h7-9H,3-6,13H2,1-2H3,(H,14,18)(H,16,17)/t8-,9?/m1/s1. The Hall–Kier alpha value is -1.63. The first-order chi connectivity index (χ1) is 8.82. The quantitative estimate of drug-likeness (QED) is 0.603. The van der Waals surface area contributed by atoms with Gasteiger partial charge in [-0.3, -0.25) is 14.4 Å². The maximum absolute atomic E-state index is 12.2. The molecule has 7 nitrogen and oxygen atoms in total. The summed E-state index contributed by atoms with van der Waals surface area (Å²) < 4.78 is 0. The first kappa shape index (κ1) is 15.4. The molecule has 0 saturated carbocycles. The molecule has 1 unspecified atom stereocenters. The summed E-state index contributed by atoms with van der Waals surface area (Å²) in [6.07, 6.45) is 0.114. The smallest absolute Gasteiger partial charge is 0.305 e. The number of piperazine rings is 1. The highest BCUT2D eigenvalue weighted by Crippen LogP contribution is 2.13. The van der Waals surface area contributed by atoms with E-state index in [2.05, 4.69) is 5.32 Å². The Morgan fingerprint density at radius 3 is 2.68 bits per heavy atom. The van der Waals surface area contributed by atoms with E-state index in [0.29, 0.717) is 19.5 Å². The van der Waals surface area contributed by atoms with Gasteiger partial charge >= 0.3 is 5.97 Å². The van der Waals surface area contributed by atoms with Crippen molar-refractivity contribution in [1.82, 2.24) is 10.2 Å². The Kier molecular flexibility index (Phi) is 5.29. The number of carbonyl (C=O) groups excluding carboxylic acids is 2. The normalized spacial score (nSPS) is 21.2. The van der Waals surface area contributed by atoms with Crippen LogP contribution in [0.3, 0.4) is 0 Å². The van der Waals surface area contributed by atoms with Gasteiger partial charge in [-0.15, -0.1) is 0 Å². The van der Waals surface area contributed by atoms with E-state index in [4.69, 9.17) is 10.8 Å². The summed E-state index contributed by atoms with van der Waals surface area (Å²) in [5.74, 6) is -1.64. The third-order valence-corrected chi connectivity index (χ3v) is 3.02. The molecule has 0 bridgehead atoms. The second-order valence-corrected chi connectivity index (χ2v) is 5.17. The summed E-state index contributed by atoms with van der Waals surface area (Å²) in [6.45, 7) is 4.53. The van der Waals surface area contributed by atoms with Crippen LogP contribution in [0.1, 0.15) is 26.7 Å². The molecule has 108 valence electrons. The molecule has 19 heavy (non-hydrogen) atoms. The van der Waals surface area contributed by atoms with Crippen LogP contribution < -0.4 is 11.1 Å². The van der Waals surface area contributed by atoms with E-state index in [0.717, 1.165) is 0 Å². The van der Waals surface area contributed by atoms with Crippen LogP contribution >= 0.6 is 0 Å². The molecular formula is C12H21N3O4. The van der Waals surface area contributed by atoms with Crippen molar-refractivity contribution in [2.24, 2.45) is 11.7 Å². The number of nitrogens with one attached hydrogen (secondary N) is 1. The molecule has 0 spiro atoms. The molecule has 2 amide bonds. The predicted octanol–water partition coefficient (Wildman–Crippen LogP) is -0.838. The zero-order valence-electron chi connectivity index (χ0n) is 11.3. The van der Waals surface area contributed by atoms with Crippen LogP contribution in [0.4, 0.5) is 0 Å². The van der Waals surface area contributed by atoms with Gasteiger partial charge in [0.25, 0.3) is 0 Å². The molecule has 7 heteroatoms. The number of nitrogens with two attached hydrogens (primary N) is 1. The lowest BCUT2D eigenvalue weighted by Gasteiger charge is -2.36. The van der Waals surface area contributed by atoms with Gasteiger partial charge in [-0.2, -0.15) is 0 Å². The van der Waals surface area contributed by atoms with E-state index in [1.54, 1.807) is 0 Å². The summed E-state index contributed by atoms with van der Waals surface area (Å²) in [5.41, 5.74) is 5.82. The number of carboxylic acids is 1. The molecule has 1 rings (SSSR count). The molecule has 0 radical (unpaired) electrons. The minimum atomic E-state index is -1.11. The number of carboxylic acid groups (broad SMARTS) is 1. The second-order valence-electron chi connectivity index (χ2n) is 5.17. The maximum atomic E-state index is 12.2. The number of nitrogens with zero attached hydrogens (tertiary/aromatic N) is 1. The number of carbonyl (C=O) groups is 3. The minimum Gasteiger partial charge on any atom is -0.481 e. The SMILES string of the molecule is CC(C)C[C@@H](N)C(=O)N1CCNC(=O)C1CC(=O)O. The van der Waals surface area contributed by atoms with E-state index in [1.165, 1.54) is 4.90 Å². The van der Waals surface area contributed by atoms with Crippen LogP contribution in [-0.2, 0) is 14.4 Å². The fourth-order valence-corrected chi connectivity index (χ4v) is 2.17. The summed E-state index contributed by atoms with van der Waals surface area (Å²) in [7, 11) is 0. The van der Waals surface area contributed by atoms with Crippen molar-refractivity contribution >= 4 is 17.8 Å². The zero-order chi connectivity index (χ0) is 14.6. The predicted molar refractivity (Wildman–Crippen MR) is 68.2 cm³/mol. The van der Waals surface area contributed by atoms with E-state index >= 15 is 0 Å². The van der Waals surface area contributed by atoms with Gasteiger partial charge in [-0.25, -0.2) is 0 Å². The summed E-state index contributed by atoms with van der Waals surface area (Å²) in [6, 6.07) is -1.65. The molecule has 1 aliphatic heterocycles. The van der Waals surface area contributed by atoms with E-state index in [-0.39, 0.29) is 11.8 Å². The summed E-state index contributed by atoms with van der Waals surface area (Å²) in [4.78, 5) is 36.0. The van der Waals surface area contributed by atoms with Crippen LogP contribution in [0.2, 0.25) is 0 Å². The number of hydrogen-bond acceptors (Lipinski definition) is 4. The first-order valence-corrected chi connectivity index (χ1v) is 6.38. The molecule has 0 aliphatic carbocycles. The molecule has 4 N–H and O–H groups in total. The fourth-order valence-electron chi connectivity index (χ4n) is 2.17. The molecular weight excluding hydrogens is 250 g/mol.